The number of carbonyl (C=O) groups excluding carboxylic acids is 2. The topological polar surface area (TPSA) is 91.0 Å². The molecular weight excluding hydrogens is 406 g/mol. The Morgan fingerprint density at radius 2 is 1.90 bits per heavy atom. The molecule has 0 fully saturated rings. The van der Waals surface area contributed by atoms with Crippen LogP contribution in [0.3, 0.4) is 0 Å². The number of ether oxygens (including phenoxy) is 1. The van der Waals surface area contributed by atoms with Gasteiger partial charge < -0.3 is 10.1 Å². The normalized spacial score (nSPS) is 11.9. The minimum atomic E-state index is -0.606. The van der Waals surface area contributed by atoms with Crippen LogP contribution in [0.15, 0.2) is 36.5 Å². The molecule has 3 aromatic rings. The highest BCUT2D eigenvalue weighted by Crippen LogP contribution is 2.26. The van der Waals surface area contributed by atoms with E-state index < -0.39 is 12.0 Å². The lowest BCUT2D eigenvalue weighted by molar-refractivity contribution is -0.119. The van der Waals surface area contributed by atoms with Crippen molar-refractivity contribution in [3.8, 4) is 5.69 Å². The van der Waals surface area contributed by atoms with Crippen molar-refractivity contribution in [3.63, 3.8) is 0 Å². The fourth-order valence-electron chi connectivity index (χ4n) is 3.21. The van der Waals surface area contributed by atoms with Crippen LogP contribution in [-0.2, 0) is 9.53 Å². The molecule has 1 amide bonds. The Bertz CT molecular complexity index is 1060. The Balaban J connectivity index is 2.01. The van der Waals surface area contributed by atoms with Crippen molar-refractivity contribution in [2.45, 2.75) is 40.2 Å². The first-order valence-corrected chi connectivity index (χ1v) is 10.1. The van der Waals surface area contributed by atoms with Gasteiger partial charge in [-0.15, -0.1) is 0 Å². The number of benzene rings is 1. The second-order valence-electron chi connectivity index (χ2n) is 6.72. The number of amides is 1. The number of nitrogens with zero attached hydrogens (tertiary/aromatic N) is 4. The molecule has 3 rings (SSSR count). The molecule has 0 bridgehead atoms. The maximum atomic E-state index is 13.2. The number of nitrogens with one attached hydrogen (secondary N) is 1. The number of carbonyl (C=O) groups is 2. The summed E-state index contributed by atoms with van der Waals surface area (Å²) in [6, 6.07) is 8.62. The van der Waals surface area contributed by atoms with E-state index >= 15 is 0 Å². The fourth-order valence-corrected chi connectivity index (χ4v) is 3.33. The summed E-state index contributed by atoms with van der Waals surface area (Å²) in [5.41, 5.74) is 2.24. The van der Waals surface area contributed by atoms with Gasteiger partial charge in [0.1, 0.15) is 11.6 Å². The standard InChI is InChI=1S/C21H24ClN5O3/c1-5-17(26-14(4)18(22)13(3)25-26)20(28)24-19-16(21(29)30-6-2)12-23-27(19)15-10-8-7-9-11-15/h7-12,17H,5-6H2,1-4H3,(H,24,28). The molecule has 0 saturated heterocycles. The first-order chi connectivity index (χ1) is 14.4. The Kier molecular flexibility index (Phi) is 6.56. The van der Waals surface area contributed by atoms with Crippen molar-refractivity contribution in [1.82, 2.24) is 19.6 Å². The summed E-state index contributed by atoms with van der Waals surface area (Å²) in [7, 11) is 0. The molecule has 8 nitrogen and oxygen atoms in total. The number of aryl methyl sites for hydroxylation is 1. The van der Waals surface area contributed by atoms with Crippen LogP contribution < -0.4 is 5.32 Å². The predicted octanol–water partition coefficient (Wildman–Crippen LogP) is 4.11. The lowest BCUT2D eigenvalue weighted by Gasteiger charge is -2.18. The average Bonchev–Trinajstić information content (AvgIpc) is 3.26. The molecule has 0 spiro atoms. The molecule has 1 aromatic carbocycles. The number of rotatable bonds is 7. The Morgan fingerprint density at radius 3 is 2.47 bits per heavy atom. The van der Waals surface area contributed by atoms with Crippen LogP contribution in [0.5, 0.6) is 0 Å². The molecule has 0 aliphatic heterocycles. The van der Waals surface area contributed by atoms with Gasteiger partial charge in [0, 0.05) is 0 Å². The van der Waals surface area contributed by atoms with E-state index in [1.807, 2.05) is 44.2 Å². The van der Waals surface area contributed by atoms with Crippen LogP contribution in [0.1, 0.15) is 48.1 Å². The summed E-state index contributed by atoms with van der Waals surface area (Å²) >= 11 is 6.26. The molecule has 2 heterocycles. The van der Waals surface area contributed by atoms with E-state index in [0.717, 1.165) is 0 Å². The van der Waals surface area contributed by atoms with E-state index in [9.17, 15) is 9.59 Å². The maximum absolute atomic E-state index is 13.2. The molecule has 0 aliphatic rings. The predicted molar refractivity (Wildman–Crippen MR) is 114 cm³/mol. The minimum Gasteiger partial charge on any atom is -0.462 e. The minimum absolute atomic E-state index is 0.176. The molecule has 0 radical (unpaired) electrons. The van der Waals surface area contributed by atoms with Crippen LogP contribution in [0.2, 0.25) is 5.02 Å². The number of halogens is 1. The second kappa shape index (κ2) is 9.13. The Morgan fingerprint density at radius 1 is 1.20 bits per heavy atom. The first kappa shape index (κ1) is 21.6. The van der Waals surface area contributed by atoms with E-state index in [-0.39, 0.29) is 23.9 Å². The summed E-state index contributed by atoms with van der Waals surface area (Å²) in [6.45, 7) is 7.42. The monoisotopic (exact) mass is 429 g/mol. The highest BCUT2D eigenvalue weighted by Gasteiger charge is 2.27. The van der Waals surface area contributed by atoms with Gasteiger partial charge in [-0.3, -0.25) is 9.48 Å². The van der Waals surface area contributed by atoms with Gasteiger partial charge in [0.2, 0.25) is 5.91 Å². The molecule has 1 unspecified atom stereocenters. The summed E-state index contributed by atoms with van der Waals surface area (Å²) in [5, 5.41) is 12.1. The van der Waals surface area contributed by atoms with E-state index in [0.29, 0.717) is 28.5 Å². The quantitative estimate of drug-likeness (QED) is 0.571. The SMILES string of the molecule is CCOC(=O)c1cnn(-c2ccccc2)c1NC(=O)C(CC)n1nc(C)c(Cl)c1C. The third kappa shape index (κ3) is 4.09. The zero-order valence-corrected chi connectivity index (χ0v) is 18.1. The van der Waals surface area contributed by atoms with Gasteiger partial charge in [-0.2, -0.15) is 10.2 Å². The summed E-state index contributed by atoms with van der Waals surface area (Å²) < 4.78 is 8.25. The summed E-state index contributed by atoms with van der Waals surface area (Å²) in [5.74, 6) is -0.643. The second-order valence-corrected chi connectivity index (χ2v) is 7.10. The fraction of sp³-hybridized carbons (Fsp3) is 0.333. The van der Waals surface area contributed by atoms with E-state index in [2.05, 4.69) is 15.5 Å². The van der Waals surface area contributed by atoms with Gasteiger partial charge in [-0.1, -0.05) is 36.7 Å². The van der Waals surface area contributed by atoms with E-state index in [1.165, 1.54) is 10.9 Å². The van der Waals surface area contributed by atoms with Crippen molar-refractivity contribution >= 4 is 29.3 Å². The van der Waals surface area contributed by atoms with Gasteiger partial charge in [0.15, 0.2) is 5.82 Å². The van der Waals surface area contributed by atoms with Gasteiger partial charge >= 0.3 is 5.97 Å². The number of hydrogen-bond donors (Lipinski definition) is 1. The van der Waals surface area contributed by atoms with Crippen molar-refractivity contribution in [2.75, 3.05) is 11.9 Å². The van der Waals surface area contributed by atoms with Crippen molar-refractivity contribution < 1.29 is 14.3 Å². The number of aromatic nitrogens is 4. The summed E-state index contributed by atoms with van der Waals surface area (Å²) in [4.78, 5) is 25.7. The van der Waals surface area contributed by atoms with Crippen LogP contribution >= 0.6 is 11.6 Å². The average molecular weight is 430 g/mol. The van der Waals surface area contributed by atoms with E-state index in [1.54, 1.807) is 18.5 Å². The van der Waals surface area contributed by atoms with Crippen molar-refractivity contribution in [3.05, 3.63) is 58.5 Å². The van der Waals surface area contributed by atoms with Crippen LogP contribution in [0, 0.1) is 13.8 Å². The third-order valence-corrected chi connectivity index (χ3v) is 5.28. The highest BCUT2D eigenvalue weighted by atomic mass is 35.5. The van der Waals surface area contributed by atoms with Gasteiger partial charge in [0.25, 0.3) is 0 Å². The van der Waals surface area contributed by atoms with Gasteiger partial charge in [0.05, 0.1) is 34.9 Å². The molecule has 0 aliphatic carbocycles. The molecule has 0 saturated carbocycles. The molecule has 9 heteroatoms. The maximum Gasteiger partial charge on any atom is 0.343 e. The summed E-state index contributed by atoms with van der Waals surface area (Å²) in [6.07, 6.45) is 1.88. The number of anilines is 1. The Labute approximate surface area is 179 Å². The lowest BCUT2D eigenvalue weighted by atomic mass is 10.2. The molecule has 30 heavy (non-hydrogen) atoms. The van der Waals surface area contributed by atoms with E-state index in [4.69, 9.17) is 16.3 Å². The van der Waals surface area contributed by atoms with Gasteiger partial charge in [-0.05, 0) is 39.3 Å². The zero-order valence-electron chi connectivity index (χ0n) is 17.3. The molecule has 1 N–H and O–H groups in total. The number of para-hydroxylation sites is 1. The highest BCUT2D eigenvalue weighted by molar-refractivity contribution is 6.31. The van der Waals surface area contributed by atoms with Crippen LogP contribution in [-0.4, -0.2) is 38.0 Å². The van der Waals surface area contributed by atoms with Gasteiger partial charge in [-0.25, -0.2) is 9.48 Å². The molecule has 1 atom stereocenters. The molecular formula is C21H24ClN5O3. The molecule has 2 aromatic heterocycles. The van der Waals surface area contributed by atoms with Crippen molar-refractivity contribution in [1.29, 1.82) is 0 Å². The lowest BCUT2D eigenvalue weighted by Crippen LogP contribution is -2.29. The first-order valence-electron chi connectivity index (χ1n) is 9.71. The number of esters is 1. The molecule has 158 valence electrons. The van der Waals surface area contributed by atoms with Crippen molar-refractivity contribution in [2.24, 2.45) is 0 Å². The smallest absolute Gasteiger partial charge is 0.343 e. The largest absolute Gasteiger partial charge is 0.462 e. The van der Waals surface area contributed by atoms with Crippen LogP contribution in [0.25, 0.3) is 5.69 Å². The number of hydrogen-bond acceptors (Lipinski definition) is 5. The third-order valence-electron chi connectivity index (χ3n) is 4.73. The Hall–Kier alpha value is -3.13. The van der Waals surface area contributed by atoms with Crippen LogP contribution in [0.4, 0.5) is 5.82 Å². The zero-order chi connectivity index (χ0) is 21.8.